The Morgan fingerprint density at radius 3 is 2.05 bits per heavy atom. The van der Waals surface area contributed by atoms with Crippen LogP contribution in [0.4, 0.5) is 0 Å². The quantitative estimate of drug-likeness (QED) is 0.694. The van der Waals surface area contributed by atoms with Gasteiger partial charge in [-0.05, 0) is 36.4 Å². The molecular weight excluding hydrogens is 278 g/mol. The van der Waals surface area contributed by atoms with Crippen molar-refractivity contribution in [3.8, 4) is 22.5 Å². The maximum absolute atomic E-state index is 12.0. The molecule has 3 aromatic heterocycles. The first-order valence-electron chi connectivity index (χ1n) is 6.70. The normalized spacial score (nSPS) is 10.2. The molecule has 22 heavy (non-hydrogen) atoms. The Bertz CT molecular complexity index is 790. The summed E-state index contributed by atoms with van der Waals surface area (Å²) in [4.78, 5) is 24.6. The predicted molar refractivity (Wildman–Crippen MR) is 82.0 cm³/mol. The summed E-state index contributed by atoms with van der Waals surface area (Å²) in [5.74, 6) is -0.416. The molecule has 0 aliphatic carbocycles. The second-order valence-electron chi connectivity index (χ2n) is 4.56. The number of nitrogens with zero attached hydrogens (tertiary/aromatic N) is 3. The van der Waals surface area contributed by atoms with Crippen LogP contribution in [0.5, 0.6) is 0 Å². The number of carbonyl (C=O) groups is 1. The molecule has 5 nitrogen and oxygen atoms in total. The van der Waals surface area contributed by atoms with E-state index in [1.807, 2.05) is 24.3 Å². The van der Waals surface area contributed by atoms with Crippen molar-refractivity contribution in [2.24, 2.45) is 0 Å². The Hall–Kier alpha value is -3.08. The van der Waals surface area contributed by atoms with E-state index in [-0.39, 0.29) is 0 Å². The summed E-state index contributed by atoms with van der Waals surface area (Å²) >= 11 is 0. The second-order valence-corrected chi connectivity index (χ2v) is 4.56. The SMILES string of the molecule is COC(=O)c1ccc(-c2ccncc2)nc1-c1ccncc1. The minimum absolute atomic E-state index is 0.416. The second kappa shape index (κ2) is 6.13. The molecule has 0 spiro atoms. The Morgan fingerprint density at radius 2 is 1.45 bits per heavy atom. The molecule has 5 heteroatoms. The molecular formula is C17H13N3O2. The average Bonchev–Trinajstić information content (AvgIpc) is 2.62. The molecule has 0 aliphatic rings. The third-order valence-corrected chi connectivity index (χ3v) is 3.23. The molecule has 0 saturated carbocycles. The summed E-state index contributed by atoms with van der Waals surface area (Å²) in [7, 11) is 1.36. The van der Waals surface area contributed by atoms with E-state index in [0.29, 0.717) is 11.3 Å². The minimum Gasteiger partial charge on any atom is -0.465 e. The van der Waals surface area contributed by atoms with E-state index in [0.717, 1.165) is 16.8 Å². The van der Waals surface area contributed by atoms with E-state index in [1.54, 1.807) is 36.9 Å². The van der Waals surface area contributed by atoms with E-state index in [1.165, 1.54) is 7.11 Å². The van der Waals surface area contributed by atoms with Gasteiger partial charge in [-0.1, -0.05) is 0 Å². The first-order chi connectivity index (χ1) is 10.8. The fraction of sp³-hybridized carbons (Fsp3) is 0.0588. The average molecular weight is 291 g/mol. The molecule has 3 rings (SSSR count). The van der Waals surface area contributed by atoms with Crippen molar-refractivity contribution in [3.63, 3.8) is 0 Å². The fourth-order valence-electron chi connectivity index (χ4n) is 2.15. The van der Waals surface area contributed by atoms with Crippen LogP contribution in [0.15, 0.2) is 61.2 Å². The lowest BCUT2D eigenvalue weighted by atomic mass is 10.0. The van der Waals surface area contributed by atoms with Gasteiger partial charge >= 0.3 is 5.97 Å². The van der Waals surface area contributed by atoms with Crippen LogP contribution >= 0.6 is 0 Å². The molecule has 0 unspecified atom stereocenters. The van der Waals surface area contributed by atoms with Gasteiger partial charge in [0.1, 0.15) is 0 Å². The maximum atomic E-state index is 12.0. The van der Waals surface area contributed by atoms with Gasteiger partial charge in [0, 0.05) is 35.9 Å². The van der Waals surface area contributed by atoms with E-state index < -0.39 is 5.97 Å². The number of hydrogen-bond donors (Lipinski definition) is 0. The van der Waals surface area contributed by atoms with Gasteiger partial charge in [0.25, 0.3) is 0 Å². The Labute approximate surface area is 127 Å². The summed E-state index contributed by atoms with van der Waals surface area (Å²) in [6.45, 7) is 0. The van der Waals surface area contributed by atoms with Gasteiger partial charge in [-0.25, -0.2) is 9.78 Å². The van der Waals surface area contributed by atoms with Gasteiger partial charge in [0.15, 0.2) is 0 Å². The summed E-state index contributed by atoms with van der Waals surface area (Å²) in [6.07, 6.45) is 6.74. The molecule has 0 saturated heterocycles. The van der Waals surface area contributed by atoms with Crippen LogP contribution in [-0.2, 0) is 4.74 Å². The molecule has 0 aromatic carbocycles. The number of methoxy groups -OCH3 is 1. The molecule has 3 heterocycles. The zero-order valence-corrected chi connectivity index (χ0v) is 11.9. The number of esters is 1. The monoisotopic (exact) mass is 291 g/mol. The van der Waals surface area contributed by atoms with Crippen LogP contribution in [0, 0.1) is 0 Å². The summed E-state index contributed by atoms with van der Waals surface area (Å²) in [6, 6.07) is 10.9. The maximum Gasteiger partial charge on any atom is 0.340 e. The van der Waals surface area contributed by atoms with E-state index >= 15 is 0 Å². The van der Waals surface area contributed by atoms with Gasteiger partial charge in [-0.3, -0.25) is 9.97 Å². The van der Waals surface area contributed by atoms with Crippen LogP contribution in [-0.4, -0.2) is 28.0 Å². The van der Waals surface area contributed by atoms with Crippen molar-refractivity contribution in [2.45, 2.75) is 0 Å². The molecule has 0 radical (unpaired) electrons. The van der Waals surface area contributed by atoms with Gasteiger partial charge in [-0.15, -0.1) is 0 Å². The number of ether oxygens (including phenoxy) is 1. The molecule has 0 bridgehead atoms. The molecule has 0 N–H and O–H groups in total. The highest BCUT2D eigenvalue weighted by Crippen LogP contribution is 2.26. The standard InChI is InChI=1S/C17H13N3O2/c1-22-17(21)14-2-3-15(12-4-8-18-9-5-12)20-16(14)13-6-10-19-11-7-13/h2-11H,1H3. The molecule has 0 atom stereocenters. The van der Waals surface area contributed by atoms with Crippen molar-refractivity contribution in [2.75, 3.05) is 7.11 Å². The minimum atomic E-state index is -0.416. The first-order valence-corrected chi connectivity index (χ1v) is 6.70. The highest BCUT2D eigenvalue weighted by atomic mass is 16.5. The third-order valence-electron chi connectivity index (χ3n) is 3.23. The Kier molecular flexibility index (Phi) is 3.87. The number of hydrogen-bond acceptors (Lipinski definition) is 5. The van der Waals surface area contributed by atoms with Crippen molar-refractivity contribution in [3.05, 3.63) is 66.7 Å². The fourth-order valence-corrected chi connectivity index (χ4v) is 2.15. The van der Waals surface area contributed by atoms with Crippen molar-refractivity contribution < 1.29 is 9.53 Å². The molecule has 0 aliphatic heterocycles. The lowest BCUT2D eigenvalue weighted by molar-refractivity contribution is 0.0601. The van der Waals surface area contributed by atoms with Crippen molar-refractivity contribution in [1.29, 1.82) is 0 Å². The Balaban J connectivity index is 2.17. The lowest BCUT2D eigenvalue weighted by Gasteiger charge is -2.09. The Morgan fingerprint density at radius 1 is 0.864 bits per heavy atom. The number of aromatic nitrogens is 3. The molecule has 0 fully saturated rings. The summed E-state index contributed by atoms with van der Waals surface area (Å²) in [5, 5.41) is 0. The largest absolute Gasteiger partial charge is 0.465 e. The number of rotatable bonds is 3. The third kappa shape index (κ3) is 2.69. The first kappa shape index (κ1) is 13.9. The summed E-state index contributed by atoms with van der Waals surface area (Å²) in [5.41, 5.74) is 3.50. The zero-order valence-electron chi connectivity index (χ0n) is 11.9. The highest BCUT2D eigenvalue weighted by molar-refractivity contribution is 5.96. The lowest BCUT2D eigenvalue weighted by Crippen LogP contribution is -2.05. The van der Waals surface area contributed by atoms with Gasteiger partial charge < -0.3 is 4.74 Å². The van der Waals surface area contributed by atoms with Crippen LogP contribution in [0.2, 0.25) is 0 Å². The topological polar surface area (TPSA) is 65.0 Å². The van der Waals surface area contributed by atoms with E-state index in [2.05, 4.69) is 15.0 Å². The zero-order chi connectivity index (χ0) is 15.4. The van der Waals surface area contributed by atoms with Crippen LogP contribution in [0.25, 0.3) is 22.5 Å². The van der Waals surface area contributed by atoms with Crippen molar-refractivity contribution >= 4 is 5.97 Å². The molecule has 3 aromatic rings. The number of carbonyl (C=O) groups excluding carboxylic acids is 1. The van der Waals surface area contributed by atoms with Gasteiger partial charge in [-0.2, -0.15) is 0 Å². The van der Waals surface area contributed by atoms with Crippen LogP contribution in [0.3, 0.4) is 0 Å². The van der Waals surface area contributed by atoms with Crippen LogP contribution < -0.4 is 0 Å². The van der Waals surface area contributed by atoms with Crippen LogP contribution in [0.1, 0.15) is 10.4 Å². The number of pyridine rings is 3. The van der Waals surface area contributed by atoms with E-state index in [9.17, 15) is 4.79 Å². The van der Waals surface area contributed by atoms with E-state index in [4.69, 9.17) is 4.74 Å². The molecule has 0 amide bonds. The van der Waals surface area contributed by atoms with Crippen molar-refractivity contribution in [1.82, 2.24) is 15.0 Å². The summed E-state index contributed by atoms with van der Waals surface area (Å²) < 4.78 is 4.84. The predicted octanol–water partition coefficient (Wildman–Crippen LogP) is 2.99. The smallest absolute Gasteiger partial charge is 0.340 e. The molecule has 108 valence electrons. The van der Waals surface area contributed by atoms with Gasteiger partial charge in [0.05, 0.1) is 24.1 Å². The highest BCUT2D eigenvalue weighted by Gasteiger charge is 2.16. The van der Waals surface area contributed by atoms with Gasteiger partial charge in [0.2, 0.25) is 0 Å².